The molecule has 3 nitrogen and oxygen atoms in total. The number of aryl methyl sites for hydroxylation is 2. The molecule has 0 radical (unpaired) electrons. The molecular weight excluding hydrogens is 176 g/mol. The highest BCUT2D eigenvalue weighted by atomic mass is 16.3. The summed E-state index contributed by atoms with van der Waals surface area (Å²) in [5.41, 5.74) is 4.27. The summed E-state index contributed by atoms with van der Waals surface area (Å²) in [4.78, 5) is 4.50. The van der Waals surface area contributed by atoms with Gasteiger partial charge in [0.15, 0.2) is 0 Å². The van der Waals surface area contributed by atoms with E-state index in [1.165, 1.54) is 5.56 Å². The van der Waals surface area contributed by atoms with Gasteiger partial charge in [-0.2, -0.15) is 0 Å². The first-order valence-electron chi connectivity index (χ1n) is 4.78. The van der Waals surface area contributed by atoms with Gasteiger partial charge in [0.1, 0.15) is 5.65 Å². The smallest absolute Gasteiger partial charge is 0.140 e. The normalized spacial score (nSPS) is 11.1. The number of pyridine rings is 1. The minimum atomic E-state index is 0.157. The third-order valence-electron chi connectivity index (χ3n) is 2.53. The summed E-state index contributed by atoms with van der Waals surface area (Å²) < 4.78 is 2.07. The van der Waals surface area contributed by atoms with Crippen LogP contribution in [0.4, 0.5) is 0 Å². The van der Waals surface area contributed by atoms with Crippen molar-refractivity contribution >= 4 is 5.65 Å². The van der Waals surface area contributed by atoms with Crippen LogP contribution in [0.15, 0.2) is 18.3 Å². The van der Waals surface area contributed by atoms with Gasteiger partial charge in [-0.25, -0.2) is 4.98 Å². The van der Waals surface area contributed by atoms with Gasteiger partial charge in [-0.3, -0.25) is 0 Å². The Labute approximate surface area is 83.0 Å². The van der Waals surface area contributed by atoms with E-state index in [4.69, 9.17) is 5.11 Å². The number of aliphatic hydroxyl groups excluding tert-OH is 1. The molecule has 14 heavy (non-hydrogen) atoms. The molecule has 0 spiro atoms. The molecule has 0 atom stereocenters. The Hall–Kier alpha value is -1.35. The van der Waals surface area contributed by atoms with E-state index < -0.39 is 0 Å². The third kappa shape index (κ3) is 1.30. The van der Waals surface area contributed by atoms with Crippen molar-refractivity contribution in [2.24, 2.45) is 0 Å². The van der Waals surface area contributed by atoms with Crippen molar-refractivity contribution in [1.82, 2.24) is 9.38 Å². The van der Waals surface area contributed by atoms with Crippen LogP contribution in [0.3, 0.4) is 0 Å². The molecule has 74 valence electrons. The summed E-state index contributed by atoms with van der Waals surface area (Å²) in [5, 5.41) is 8.89. The Morgan fingerprint density at radius 1 is 1.43 bits per heavy atom. The zero-order valence-electron chi connectivity index (χ0n) is 8.49. The molecule has 0 amide bonds. The Balaban J connectivity index is 2.67. The summed E-state index contributed by atoms with van der Waals surface area (Å²) in [7, 11) is 0. The van der Waals surface area contributed by atoms with Crippen molar-refractivity contribution < 1.29 is 5.11 Å². The fourth-order valence-electron chi connectivity index (χ4n) is 1.71. The predicted molar refractivity (Wildman–Crippen MR) is 55.5 cm³/mol. The van der Waals surface area contributed by atoms with Crippen LogP contribution >= 0.6 is 0 Å². The summed E-state index contributed by atoms with van der Waals surface area (Å²) >= 11 is 0. The molecule has 3 heteroatoms. The number of fused-ring (bicyclic) bond motifs is 1. The number of aromatic nitrogens is 2. The minimum Gasteiger partial charge on any atom is -0.396 e. The first kappa shape index (κ1) is 9.21. The average Bonchev–Trinajstić information content (AvgIpc) is 2.48. The van der Waals surface area contributed by atoms with E-state index in [0.29, 0.717) is 6.42 Å². The molecule has 0 aliphatic carbocycles. The van der Waals surface area contributed by atoms with Crippen LogP contribution in [0, 0.1) is 13.8 Å². The molecule has 0 aliphatic heterocycles. The van der Waals surface area contributed by atoms with Gasteiger partial charge >= 0.3 is 0 Å². The molecule has 0 saturated heterocycles. The highest BCUT2D eigenvalue weighted by Gasteiger charge is 2.08. The molecule has 1 N–H and O–H groups in total. The van der Waals surface area contributed by atoms with E-state index in [0.717, 1.165) is 17.0 Å². The van der Waals surface area contributed by atoms with E-state index in [1.807, 2.05) is 32.2 Å². The summed E-state index contributed by atoms with van der Waals surface area (Å²) in [5.74, 6) is 0. The van der Waals surface area contributed by atoms with Crippen LogP contribution in [-0.2, 0) is 6.42 Å². The van der Waals surface area contributed by atoms with Crippen molar-refractivity contribution in [3.8, 4) is 0 Å². The first-order chi connectivity index (χ1) is 6.74. The lowest BCUT2D eigenvalue weighted by Gasteiger charge is -1.97. The first-order valence-corrected chi connectivity index (χ1v) is 4.78. The topological polar surface area (TPSA) is 37.5 Å². The number of imidazole rings is 1. The molecular formula is C11H14N2O. The van der Waals surface area contributed by atoms with Crippen LogP contribution in [0.5, 0.6) is 0 Å². The second-order valence-electron chi connectivity index (χ2n) is 3.50. The van der Waals surface area contributed by atoms with E-state index in [-0.39, 0.29) is 6.61 Å². The Kier molecular flexibility index (Phi) is 2.25. The molecule has 2 aromatic rings. The lowest BCUT2D eigenvalue weighted by molar-refractivity contribution is 0.298. The van der Waals surface area contributed by atoms with Crippen LogP contribution in [-0.4, -0.2) is 21.1 Å². The highest BCUT2D eigenvalue weighted by Crippen LogP contribution is 2.14. The van der Waals surface area contributed by atoms with Gasteiger partial charge < -0.3 is 9.51 Å². The van der Waals surface area contributed by atoms with E-state index in [2.05, 4.69) is 9.38 Å². The van der Waals surface area contributed by atoms with Crippen LogP contribution < -0.4 is 0 Å². The summed E-state index contributed by atoms with van der Waals surface area (Å²) in [6, 6.07) is 4.06. The van der Waals surface area contributed by atoms with E-state index in [9.17, 15) is 0 Å². The maximum Gasteiger partial charge on any atom is 0.140 e. The van der Waals surface area contributed by atoms with Gasteiger partial charge in [-0.15, -0.1) is 0 Å². The predicted octanol–water partition coefficient (Wildman–Crippen LogP) is 1.49. The maximum absolute atomic E-state index is 8.89. The number of hydrogen-bond acceptors (Lipinski definition) is 2. The number of nitrogens with zero attached hydrogens (tertiary/aromatic N) is 2. The number of rotatable bonds is 2. The van der Waals surface area contributed by atoms with Gasteiger partial charge in [0, 0.05) is 24.9 Å². The quantitative estimate of drug-likeness (QED) is 0.779. The largest absolute Gasteiger partial charge is 0.396 e. The molecule has 0 aliphatic rings. The fourth-order valence-corrected chi connectivity index (χ4v) is 1.71. The third-order valence-corrected chi connectivity index (χ3v) is 2.53. The molecule has 2 rings (SSSR count). The fraction of sp³-hybridized carbons (Fsp3) is 0.364. The molecule has 0 fully saturated rings. The number of hydrogen-bond donors (Lipinski definition) is 1. The van der Waals surface area contributed by atoms with Crippen LogP contribution in [0.2, 0.25) is 0 Å². The second-order valence-corrected chi connectivity index (χ2v) is 3.50. The lowest BCUT2D eigenvalue weighted by atomic mass is 10.3. The molecule has 0 bridgehead atoms. The Bertz CT molecular complexity index is 460. The second kappa shape index (κ2) is 3.42. The van der Waals surface area contributed by atoms with Gasteiger partial charge in [0.2, 0.25) is 0 Å². The average molecular weight is 190 g/mol. The minimum absolute atomic E-state index is 0.157. The monoisotopic (exact) mass is 190 g/mol. The standard InChI is InChI=1S/C11H14N2O/c1-8-4-3-6-13-9(2)10(5-7-14)12-11(8)13/h3-4,6,14H,5,7H2,1-2H3. The summed E-state index contributed by atoms with van der Waals surface area (Å²) in [6.07, 6.45) is 2.64. The van der Waals surface area contributed by atoms with Crippen molar-refractivity contribution in [3.05, 3.63) is 35.3 Å². The number of aliphatic hydroxyl groups is 1. The van der Waals surface area contributed by atoms with Crippen LogP contribution in [0.25, 0.3) is 5.65 Å². The van der Waals surface area contributed by atoms with Gasteiger partial charge in [-0.05, 0) is 25.5 Å². The lowest BCUT2D eigenvalue weighted by Crippen LogP contribution is -1.93. The Morgan fingerprint density at radius 3 is 2.86 bits per heavy atom. The van der Waals surface area contributed by atoms with Gasteiger partial charge in [0.05, 0.1) is 5.69 Å². The summed E-state index contributed by atoms with van der Waals surface area (Å²) in [6.45, 7) is 4.23. The van der Waals surface area contributed by atoms with Gasteiger partial charge in [0.25, 0.3) is 0 Å². The van der Waals surface area contributed by atoms with Crippen molar-refractivity contribution in [2.75, 3.05) is 6.61 Å². The van der Waals surface area contributed by atoms with E-state index >= 15 is 0 Å². The van der Waals surface area contributed by atoms with Crippen molar-refractivity contribution in [2.45, 2.75) is 20.3 Å². The maximum atomic E-state index is 8.89. The Morgan fingerprint density at radius 2 is 2.21 bits per heavy atom. The molecule has 0 saturated carbocycles. The van der Waals surface area contributed by atoms with E-state index in [1.54, 1.807) is 0 Å². The van der Waals surface area contributed by atoms with Gasteiger partial charge in [-0.1, -0.05) is 6.07 Å². The highest BCUT2D eigenvalue weighted by molar-refractivity contribution is 5.50. The molecule has 2 heterocycles. The molecule has 0 unspecified atom stereocenters. The van der Waals surface area contributed by atoms with Crippen molar-refractivity contribution in [3.63, 3.8) is 0 Å². The zero-order chi connectivity index (χ0) is 10.1. The van der Waals surface area contributed by atoms with Crippen LogP contribution in [0.1, 0.15) is 17.0 Å². The van der Waals surface area contributed by atoms with Crippen molar-refractivity contribution in [1.29, 1.82) is 0 Å². The molecule has 0 aromatic carbocycles. The SMILES string of the molecule is Cc1cccn2c(C)c(CCO)nc12. The molecule has 2 aromatic heterocycles. The zero-order valence-corrected chi connectivity index (χ0v) is 8.49.